The van der Waals surface area contributed by atoms with Gasteiger partial charge in [0.1, 0.15) is 0 Å². The molecule has 0 atom stereocenters. The van der Waals surface area contributed by atoms with Crippen molar-refractivity contribution in [3.63, 3.8) is 0 Å². The number of nitrogens with zero attached hydrogens (tertiary/aromatic N) is 2. The van der Waals surface area contributed by atoms with Crippen LogP contribution in [0.3, 0.4) is 0 Å². The molecule has 0 saturated carbocycles. The van der Waals surface area contributed by atoms with Crippen LogP contribution in [0.2, 0.25) is 0 Å². The third-order valence-corrected chi connectivity index (χ3v) is 5.42. The van der Waals surface area contributed by atoms with Crippen LogP contribution in [0.5, 0.6) is 0 Å². The van der Waals surface area contributed by atoms with Crippen LogP contribution in [-0.4, -0.2) is 49.9 Å². The van der Waals surface area contributed by atoms with Gasteiger partial charge in [0.15, 0.2) is 5.79 Å². The zero-order valence-corrected chi connectivity index (χ0v) is 15.8. The molecule has 5 nitrogen and oxygen atoms in total. The second-order valence-electron chi connectivity index (χ2n) is 7.29. The van der Waals surface area contributed by atoms with Gasteiger partial charge >= 0.3 is 0 Å². The number of rotatable bonds is 4. The Labute approximate surface area is 160 Å². The highest BCUT2D eigenvalue weighted by atomic mass is 16.7. The molecule has 2 aliphatic heterocycles. The molecule has 0 unspecified atom stereocenters. The monoisotopic (exact) mass is 366 g/mol. The average Bonchev–Trinajstić information content (AvgIpc) is 3.17. The third-order valence-electron chi connectivity index (χ3n) is 5.42. The lowest BCUT2D eigenvalue weighted by atomic mass is 10.0. The van der Waals surface area contributed by atoms with Gasteiger partial charge in [-0.2, -0.15) is 0 Å². The number of ether oxygens (including phenoxy) is 2. The Morgan fingerprint density at radius 1 is 1.04 bits per heavy atom. The van der Waals surface area contributed by atoms with E-state index in [9.17, 15) is 4.79 Å². The quantitative estimate of drug-likeness (QED) is 0.833. The molecule has 2 heterocycles. The molecule has 0 bridgehead atoms. The highest BCUT2D eigenvalue weighted by Crippen LogP contribution is 2.32. The van der Waals surface area contributed by atoms with Crippen LogP contribution in [0.25, 0.3) is 0 Å². The minimum Gasteiger partial charge on any atom is -0.370 e. The Kier molecular flexibility index (Phi) is 5.14. The van der Waals surface area contributed by atoms with Crippen molar-refractivity contribution in [2.75, 3.05) is 38.3 Å². The Hall–Kier alpha value is -2.37. The van der Waals surface area contributed by atoms with E-state index in [0.29, 0.717) is 26.3 Å². The van der Waals surface area contributed by atoms with Crippen molar-refractivity contribution >= 4 is 11.6 Å². The molecular formula is C22H26N2O3. The van der Waals surface area contributed by atoms with Crippen molar-refractivity contribution in [1.82, 2.24) is 4.90 Å². The predicted octanol–water partition coefficient (Wildman–Crippen LogP) is 3.30. The number of amides is 1. The summed E-state index contributed by atoms with van der Waals surface area (Å²) in [6, 6.07) is 18.2. The second-order valence-corrected chi connectivity index (χ2v) is 7.29. The lowest BCUT2D eigenvalue weighted by molar-refractivity contribution is -0.181. The summed E-state index contributed by atoms with van der Waals surface area (Å²) in [6.07, 6.45) is 1.48. The van der Waals surface area contributed by atoms with Gasteiger partial charge in [-0.15, -0.1) is 0 Å². The number of anilines is 1. The maximum Gasteiger partial charge on any atom is 0.253 e. The van der Waals surface area contributed by atoms with Gasteiger partial charge in [-0.3, -0.25) is 4.79 Å². The summed E-state index contributed by atoms with van der Waals surface area (Å²) >= 11 is 0. The summed E-state index contributed by atoms with van der Waals surface area (Å²) in [7, 11) is 2.05. The highest BCUT2D eigenvalue weighted by molar-refractivity contribution is 5.95. The van der Waals surface area contributed by atoms with E-state index in [0.717, 1.165) is 30.6 Å². The minimum absolute atomic E-state index is 0.0813. The molecule has 2 aliphatic rings. The number of carbonyl (C=O) groups excluding carboxylic acids is 1. The molecular weight excluding hydrogens is 340 g/mol. The largest absolute Gasteiger partial charge is 0.370 e. The molecule has 2 fully saturated rings. The van der Waals surface area contributed by atoms with Gasteiger partial charge in [-0.05, 0) is 23.8 Å². The normalized spacial score (nSPS) is 18.6. The van der Waals surface area contributed by atoms with Gasteiger partial charge in [0.2, 0.25) is 0 Å². The molecule has 2 aromatic rings. The van der Waals surface area contributed by atoms with Crippen molar-refractivity contribution in [2.24, 2.45) is 0 Å². The average molecular weight is 366 g/mol. The Balaban J connectivity index is 1.42. The van der Waals surface area contributed by atoms with Crippen LogP contribution in [-0.2, 0) is 16.0 Å². The Morgan fingerprint density at radius 2 is 1.74 bits per heavy atom. The number of hydrogen-bond acceptors (Lipinski definition) is 4. The predicted molar refractivity (Wildman–Crippen MR) is 105 cm³/mol. The maximum atomic E-state index is 13.0. The first-order valence-electron chi connectivity index (χ1n) is 9.58. The Morgan fingerprint density at radius 3 is 2.44 bits per heavy atom. The van der Waals surface area contributed by atoms with Gasteiger partial charge in [-0.1, -0.05) is 36.4 Å². The fraction of sp³-hybridized carbons (Fsp3) is 0.409. The topological polar surface area (TPSA) is 42.0 Å². The summed E-state index contributed by atoms with van der Waals surface area (Å²) in [5, 5.41) is 0. The van der Waals surface area contributed by atoms with E-state index in [1.165, 1.54) is 5.56 Å². The first kappa shape index (κ1) is 18.0. The van der Waals surface area contributed by atoms with E-state index in [4.69, 9.17) is 9.47 Å². The smallest absolute Gasteiger partial charge is 0.253 e. The number of piperidine rings is 1. The molecule has 5 heteroatoms. The van der Waals surface area contributed by atoms with Crippen molar-refractivity contribution in [3.05, 3.63) is 65.7 Å². The highest BCUT2D eigenvalue weighted by Gasteiger charge is 2.40. The van der Waals surface area contributed by atoms with E-state index < -0.39 is 5.79 Å². The molecule has 1 spiro atoms. The molecule has 0 aromatic heterocycles. The fourth-order valence-corrected chi connectivity index (χ4v) is 3.84. The molecule has 142 valence electrons. The molecule has 0 N–H and O–H groups in total. The summed E-state index contributed by atoms with van der Waals surface area (Å²) in [6.45, 7) is 3.46. The van der Waals surface area contributed by atoms with Crippen LogP contribution in [0, 0.1) is 0 Å². The lowest BCUT2D eigenvalue weighted by Gasteiger charge is -2.37. The summed E-state index contributed by atoms with van der Waals surface area (Å²) < 4.78 is 11.5. The second kappa shape index (κ2) is 7.71. The van der Waals surface area contributed by atoms with Gasteiger partial charge in [-0.25, -0.2) is 0 Å². The summed E-state index contributed by atoms with van der Waals surface area (Å²) in [5.41, 5.74) is 3.02. The molecule has 2 saturated heterocycles. The van der Waals surface area contributed by atoms with E-state index in [-0.39, 0.29) is 5.91 Å². The zero-order chi connectivity index (χ0) is 18.7. The van der Waals surface area contributed by atoms with Crippen molar-refractivity contribution in [1.29, 1.82) is 0 Å². The molecule has 2 aromatic carbocycles. The number of carbonyl (C=O) groups is 1. The molecule has 4 rings (SSSR count). The minimum atomic E-state index is -0.450. The molecule has 0 aliphatic carbocycles. The van der Waals surface area contributed by atoms with Crippen molar-refractivity contribution in [3.8, 4) is 0 Å². The summed E-state index contributed by atoms with van der Waals surface area (Å²) in [5.74, 6) is -0.369. The SMILES string of the molecule is CN(Cc1ccccc1)c1cccc(C(=O)N2CCC3(CC2)OCCO3)c1. The summed E-state index contributed by atoms with van der Waals surface area (Å²) in [4.78, 5) is 17.0. The Bertz CT molecular complexity index is 777. The van der Waals surface area contributed by atoms with Crippen molar-refractivity contribution in [2.45, 2.75) is 25.2 Å². The first-order chi connectivity index (χ1) is 13.2. The number of likely N-dealkylation sites (tertiary alicyclic amines) is 1. The maximum absolute atomic E-state index is 13.0. The third kappa shape index (κ3) is 3.99. The van der Waals surface area contributed by atoms with E-state index in [1.807, 2.05) is 47.4 Å². The van der Waals surface area contributed by atoms with Crippen LogP contribution < -0.4 is 4.90 Å². The van der Waals surface area contributed by atoms with Crippen LogP contribution in [0.15, 0.2) is 54.6 Å². The van der Waals surface area contributed by atoms with E-state index in [2.05, 4.69) is 24.1 Å². The molecule has 0 radical (unpaired) electrons. The number of hydrogen-bond donors (Lipinski definition) is 0. The molecule has 27 heavy (non-hydrogen) atoms. The van der Waals surface area contributed by atoms with Gasteiger partial charge < -0.3 is 19.3 Å². The van der Waals surface area contributed by atoms with Gasteiger partial charge in [0.25, 0.3) is 5.91 Å². The molecule has 1 amide bonds. The zero-order valence-electron chi connectivity index (χ0n) is 15.8. The van der Waals surface area contributed by atoms with E-state index >= 15 is 0 Å². The van der Waals surface area contributed by atoms with Gasteiger partial charge in [0, 0.05) is 50.8 Å². The van der Waals surface area contributed by atoms with Crippen LogP contribution in [0.1, 0.15) is 28.8 Å². The number of benzene rings is 2. The first-order valence-corrected chi connectivity index (χ1v) is 9.58. The van der Waals surface area contributed by atoms with Crippen LogP contribution in [0.4, 0.5) is 5.69 Å². The van der Waals surface area contributed by atoms with E-state index in [1.54, 1.807) is 0 Å². The standard InChI is InChI=1S/C22H26N2O3/c1-23(17-18-6-3-2-4-7-18)20-9-5-8-19(16-20)21(25)24-12-10-22(11-13-24)26-14-15-27-22/h2-9,16H,10-15,17H2,1H3. The van der Waals surface area contributed by atoms with Crippen LogP contribution >= 0.6 is 0 Å². The lowest BCUT2D eigenvalue weighted by Crippen LogP contribution is -2.47. The van der Waals surface area contributed by atoms with Gasteiger partial charge in [0.05, 0.1) is 13.2 Å². The van der Waals surface area contributed by atoms with Crippen molar-refractivity contribution < 1.29 is 14.3 Å². The fourth-order valence-electron chi connectivity index (χ4n) is 3.84.